The molecular formula is C16H10O8S. The molecule has 0 radical (unpaired) electrons. The Balaban J connectivity index is 2.36. The van der Waals surface area contributed by atoms with Crippen molar-refractivity contribution in [3.05, 3.63) is 58.7 Å². The van der Waals surface area contributed by atoms with E-state index in [1.807, 2.05) is 0 Å². The number of hydrogen-bond acceptors (Lipinski definition) is 7. The highest BCUT2D eigenvalue weighted by Gasteiger charge is 2.37. The number of benzene rings is 2. The van der Waals surface area contributed by atoms with Crippen molar-refractivity contribution in [2.75, 3.05) is 0 Å². The summed E-state index contributed by atoms with van der Waals surface area (Å²) >= 11 is 0. The minimum atomic E-state index is -4.83. The molecule has 0 spiro atoms. The standard InChI is InChI=1S/C16H10O8S/c1-6(17)7-4-9-12(10(18)5-7)16(21)13-8(14(9)19)2-3-11(15(13)20)25(22,23)24/h2-5,17-18,20H,1H2,(H,22,23,24). The van der Waals surface area contributed by atoms with Crippen molar-refractivity contribution in [1.29, 1.82) is 0 Å². The van der Waals surface area contributed by atoms with Crippen LogP contribution in [0.3, 0.4) is 0 Å². The molecule has 2 aromatic carbocycles. The molecule has 2 aromatic rings. The molecule has 1 aliphatic rings. The van der Waals surface area contributed by atoms with Crippen LogP contribution < -0.4 is 0 Å². The summed E-state index contributed by atoms with van der Waals surface area (Å²) in [6.45, 7) is 3.27. The first-order chi connectivity index (χ1) is 11.5. The molecule has 0 unspecified atom stereocenters. The number of rotatable bonds is 2. The number of phenolic OH excluding ortho intramolecular Hbond substituents is 2. The molecule has 4 N–H and O–H groups in total. The monoisotopic (exact) mass is 362 g/mol. The molecule has 128 valence electrons. The predicted octanol–water partition coefficient (Wildman–Crippen LogP) is 1.65. The lowest BCUT2D eigenvalue weighted by Gasteiger charge is -2.20. The number of aliphatic hydroxyl groups is 1. The summed E-state index contributed by atoms with van der Waals surface area (Å²) in [4.78, 5) is 24.3. The third-order valence-corrected chi connectivity index (χ3v) is 4.70. The van der Waals surface area contributed by atoms with Gasteiger partial charge in [-0.15, -0.1) is 0 Å². The van der Waals surface area contributed by atoms with Gasteiger partial charge in [0.1, 0.15) is 22.2 Å². The van der Waals surface area contributed by atoms with Crippen LogP contribution in [0.2, 0.25) is 0 Å². The highest BCUT2D eigenvalue weighted by molar-refractivity contribution is 7.86. The fourth-order valence-corrected chi connectivity index (χ4v) is 3.27. The van der Waals surface area contributed by atoms with Crippen LogP contribution in [0.1, 0.15) is 37.4 Å². The van der Waals surface area contributed by atoms with Crippen LogP contribution in [0, 0.1) is 0 Å². The van der Waals surface area contributed by atoms with Gasteiger partial charge in [0, 0.05) is 16.7 Å². The first-order valence-electron chi connectivity index (χ1n) is 6.72. The largest absolute Gasteiger partial charge is 0.508 e. The van der Waals surface area contributed by atoms with Crippen LogP contribution in [0.15, 0.2) is 35.7 Å². The van der Waals surface area contributed by atoms with Gasteiger partial charge in [-0.1, -0.05) is 6.58 Å². The van der Waals surface area contributed by atoms with Crippen molar-refractivity contribution >= 4 is 27.4 Å². The summed E-state index contributed by atoms with van der Waals surface area (Å²) in [6.07, 6.45) is 0. The number of ketones is 2. The van der Waals surface area contributed by atoms with Crippen molar-refractivity contribution in [3.63, 3.8) is 0 Å². The maximum Gasteiger partial charge on any atom is 0.298 e. The maximum absolute atomic E-state index is 12.6. The SMILES string of the molecule is C=C(O)c1cc(O)c2c(c1)C(=O)c1ccc(S(=O)(=O)O)c(O)c1C2=O. The lowest BCUT2D eigenvalue weighted by molar-refractivity contribution is 0.0973. The van der Waals surface area contributed by atoms with Crippen LogP contribution in [-0.4, -0.2) is 39.9 Å². The molecule has 0 aromatic heterocycles. The Labute approximate surface area is 141 Å². The predicted molar refractivity (Wildman–Crippen MR) is 84.6 cm³/mol. The van der Waals surface area contributed by atoms with Gasteiger partial charge in [-0.05, 0) is 24.3 Å². The minimum Gasteiger partial charge on any atom is -0.508 e. The number of carbonyl (C=O) groups excluding carboxylic acids is 2. The highest BCUT2D eigenvalue weighted by Crippen LogP contribution is 2.40. The topological polar surface area (TPSA) is 149 Å². The number of carbonyl (C=O) groups is 2. The highest BCUT2D eigenvalue weighted by atomic mass is 32.2. The fourth-order valence-electron chi connectivity index (χ4n) is 2.68. The Bertz CT molecular complexity index is 1100. The Morgan fingerprint density at radius 3 is 2.16 bits per heavy atom. The van der Waals surface area contributed by atoms with E-state index in [2.05, 4.69) is 6.58 Å². The van der Waals surface area contributed by atoms with Gasteiger partial charge in [0.2, 0.25) is 5.78 Å². The van der Waals surface area contributed by atoms with Gasteiger partial charge in [0.15, 0.2) is 5.78 Å². The molecule has 8 nitrogen and oxygen atoms in total. The Kier molecular flexibility index (Phi) is 3.44. The van der Waals surface area contributed by atoms with Gasteiger partial charge >= 0.3 is 0 Å². The first-order valence-corrected chi connectivity index (χ1v) is 8.16. The van der Waals surface area contributed by atoms with Crippen molar-refractivity contribution in [2.45, 2.75) is 4.90 Å². The molecular weight excluding hydrogens is 352 g/mol. The van der Waals surface area contributed by atoms with Crippen LogP contribution >= 0.6 is 0 Å². The lowest BCUT2D eigenvalue weighted by Crippen LogP contribution is -2.22. The van der Waals surface area contributed by atoms with E-state index in [0.29, 0.717) is 0 Å². The normalized spacial score (nSPS) is 13.3. The van der Waals surface area contributed by atoms with Gasteiger partial charge < -0.3 is 15.3 Å². The quantitative estimate of drug-likeness (QED) is 0.397. The Hall–Kier alpha value is -3.17. The molecule has 0 aliphatic heterocycles. The molecule has 1 aliphatic carbocycles. The molecule has 9 heteroatoms. The molecule has 0 saturated carbocycles. The first kappa shape index (κ1) is 16.7. The molecule has 0 fully saturated rings. The van der Waals surface area contributed by atoms with Gasteiger partial charge in [-0.2, -0.15) is 8.42 Å². The van der Waals surface area contributed by atoms with E-state index < -0.39 is 55.0 Å². The van der Waals surface area contributed by atoms with E-state index in [1.54, 1.807) is 0 Å². The molecule has 25 heavy (non-hydrogen) atoms. The van der Waals surface area contributed by atoms with Crippen molar-refractivity contribution in [3.8, 4) is 11.5 Å². The van der Waals surface area contributed by atoms with Gasteiger partial charge in [0.25, 0.3) is 10.1 Å². The number of aromatic hydroxyl groups is 2. The number of phenols is 2. The second-order valence-electron chi connectivity index (χ2n) is 5.33. The van der Waals surface area contributed by atoms with Gasteiger partial charge in [-0.3, -0.25) is 14.1 Å². The van der Waals surface area contributed by atoms with Gasteiger partial charge in [-0.25, -0.2) is 0 Å². The molecule has 0 bridgehead atoms. The third-order valence-electron chi connectivity index (χ3n) is 3.81. The third kappa shape index (κ3) is 2.37. The molecule has 0 saturated heterocycles. The molecule has 0 amide bonds. The van der Waals surface area contributed by atoms with Crippen LogP contribution in [0.25, 0.3) is 5.76 Å². The second-order valence-corrected chi connectivity index (χ2v) is 6.72. The van der Waals surface area contributed by atoms with Crippen molar-refractivity contribution in [1.82, 2.24) is 0 Å². The van der Waals surface area contributed by atoms with Crippen molar-refractivity contribution < 1.29 is 37.9 Å². The zero-order chi connectivity index (χ0) is 18.7. The summed E-state index contributed by atoms with van der Waals surface area (Å²) in [6, 6.07) is 3.91. The van der Waals surface area contributed by atoms with Crippen LogP contribution in [0.4, 0.5) is 0 Å². The summed E-state index contributed by atoms with van der Waals surface area (Å²) in [5.74, 6) is -3.95. The zero-order valence-electron chi connectivity index (χ0n) is 12.3. The zero-order valence-corrected chi connectivity index (χ0v) is 13.2. The average Bonchev–Trinajstić information content (AvgIpc) is 2.50. The van der Waals surface area contributed by atoms with Crippen LogP contribution in [-0.2, 0) is 10.1 Å². The Morgan fingerprint density at radius 1 is 0.960 bits per heavy atom. The van der Waals surface area contributed by atoms with E-state index in [-0.39, 0.29) is 16.7 Å². The minimum absolute atomic E-state index is 0.0135. The van der Waals surface area contributed by atoms with E-state index in [4.69, 9.17) is 4.55 Å². The maximum atomic E-state index is 12.6. The lowest BCUT2D eigenvalue weighted by atomic mass is 9.82. The molecule has 3 rings (SSSR count). The summed E-state index contributed by atoms with van der Waals surface area (Å²) in [5, 5.41) is 29.5. The van der Waals surface area contributed by atoms with E-state index in [1.165, 1.54) is 0 Å². The Morgan fingerprint density at radius 2 is 1.60 bits per heavy atom. The van der Waals surface area contributed by atoms with E-state index >= 15 is 0 Å². The summed E-state index contributed by atoms with van der Waals surface area (Å²) in [5.41, 5.74) is -1.62. The summed E-state index contributed by atoms with van der Waals surface area (Å²) < 4.78 is 31.6. The van der Waals surface area contributed by atoms with E-state index in [0.717, 1.165) is 24.3 Å². The number of aliphatic hydroxyl groups excluding tert-OH is 1. The van der Waals surface area contributed by atoms with Crippen molar-refractivity contribution in [2.24, 2.45) is 0 Å². The number of hydrogen-bond donors (Lipinski definition) is 4. The second kappa shape index (κ2) is 5.16. The fraction of sp³-hybridized carbons (Fsp3) is 0. The number of fused-ring (bicyclic) bond motifs is 2. The molecule has 0 atom stereocenters. The average molecular weight is 362 g/mol. The summed E-state index contributed by atoms with van der Waals surface area (Å²) in [7, 11) is -4.83. The van der Waals surface area contributed by atoms with Gasteiger partial charge in [0.05, 0.1) is 11.1 Å². The smallest absolute Gasteiger partial charge is 0.298 e. The van der Waals surface area contributed by atoms with E-state index in [9.17, 15) is 33.3 Å². The molecule has 0 heterocycles. The van der Waals surface area contributed by atoms with Crippen LogP contribution in [0.5, 0.6) is 11.5 Å².